The van der Waals surface area contributed by atoms with E-state index in [1.165, 1.54) is 12.8 Å². The van der Waals surface area contributed by atoms with E-state index in [1.54, 1.807) is 0 Å². The zero-order chi connectivity index (χ0) is 12.2. The summed E-state index contributed by atoms with van der Waals surface area (Å²) in [6.45, 7) is 10.2. The maximum Gasteiger partial charge on any atom is 0.178 e. The number of allylic oxidation sites excluding steroid dienone is 1. The van der Waals surface area contributed by atoms with E-state index in [0.717, 1.165) is 31.5 Å². The minimum atomic E-state index is -0.341. The van der Waals surface area contributed by atoms with Crippen molar-refractivity contribution in [2.45, 2.75) is 58.9 Å². The number of Topliss-reactive ketones (excluding diaryl/α,β-unsaturated/α-hetero) is 1. The predicted octanol–water partition coefficient (Wildman–Crippen LogP) is 3.18. The molecule has 2 nitrogen and oxygen atoms in total. The lowest BCUT2D eigenvalue weighted by Crippen LogP contribution is -2.50. The van der Waals surface area contributed by atoms with Crippen LogP contribution in [0, 0.1) is 0 Å². The molecule has 0 atom stereocenters. The van der Waals surface area contributed by atoms with Gasteiger partial charge in [-0.1, -0.05) is 19.9 Å². The lowest BCUT2D eigenvalue weighted by Gasteiger charge is -2.36. The molecule has 1 aliphatic rings. The Bertz CT molecular complexity index is 274. The van der Waals surface area contributed by atoms with Gasteiger partial charge in [-0.3, -0.25) is 9.69 Å². The van der Waals surface area contributed by atoms with E-state index in [9.17, 15) is 4.79 Å². The predicted molar refractivity (Wildman–Crippen MR) is 68.6 cm³/mol. The Labute approximate surface area is 99.7 Å². The van der Waals surface area contributed by atoms with Gasteiger partial charge in [0.2, 0.25) is 0 Å². The summed E-state index contributed by atoms with van der Waals surface area (Å²) in [5, 5.41) is 0. The van der Waals surface area contributed by atoms with E-state index in [2.05, 4.69) is 38.7 Å². The molecule has 1 rings (SSSR count). The third kappa shape index (κ3) is 2.73. The van der Waals surface area contributed by atoms with Crippen LogP contribution in [0.25, 0.3) is 0 Å². The monoisotopic (exact) mass is 223 g/mol. The van der Waals surface area contributed by atoms with Crippen LogP contribution in [0.3, 0.4) is 0 Å². The topological polar surface area (TPSA) is 20.3 Å². The number of likely N-dealkylation sites (N-methyl/N-ethyl adjacent to an activating group) is 1. The Hall–Kier alpha value is -0.630. The molecule has 0 aromatic carbocycles. The summed E-state index contributed by atoms with van der Waals surface area (Å²) in [5.74, 6) is 0.330. The van der Waals surface area contributed by atoms with E-state index in [-0.39, 0.29) is 5.54 Å². The standard InChI is InChI=1S/C14H25NO/c1-5-15(6-2)14(3,4)13(16)12-10-8-7-9-11-12/h10H,5-9,11H2,1-4H3. The minimum absolute atomic E-state index is 0.330. The van der Waals surface area contributed by atoms with Gasteiger partial charge in [-0.2, -0.15) is 0 Å². The molecule has 0 saturated heterocycles. The van der Waals surface area contributed by atoms with Gasteiger partial charge in [-0.15, -0.1) is 0 Å². The molecule has 0 fully saturated rings. The van der Waals surface area contributed by atoms with Crippen molar-refractivity contribution in [1.82, 2.24) is 4.90 Å². The molecule has 0 aliphatic heterocycles. The number of nitrogens with zero attached hydrogens (tertiary/aromatic N) is 1. The highest BCUT2D eigenvalue weighted by atomic mass is 16.1. The zero-order valence-corrected chi connectivity index (χ0v) is 11.2. The SMILES string of the molecule is CCN(CC)C(C)(C)C(=O)C1=CCCCC1. The average molecular weight is 223 g/mol. The Morgan fingerprint density at radius 2 is 1.94 bits per heavy atom. The van der Waals surface area contributed by atoms with Crippen LogP contribution in [-0.2, 0) is 4.79 Å². The fourth-order valence-corrected chi connectivity index (χ4v) is 2.60. The van der Waals surface area contributed by atoms with Crippen LogP contribution in [0.15, 0.2) is 11.6 Å². The van der Waals surface area contributed by atoms with E-state index in [1.807, 2.05) is 0 Å². The molecule has 0 unspecified atom stereocenters. The van der Waals surface area contributed by atoms with Crippen LogP contribution < -0.4 is 0 Å². The first-order valence-corrected chi connectivity index (χ1v) is 6.52. The lowest BCUT2D eigenvalue weighted by molar-refractivity contribution is -0.125. The molecule has 0 aromatic heterocycles. The smallest absolute Gasteiger partial charge is 0.178 e. The second-order valence-electron chi connectivity index (χ2n) is 5.04. The Morgan fingerprint density at radius 1 is 1.31 bits per heavy atom. The van der Waals surface area contributed by atoms with E-state index >= 15 is 0 Å². The van der Waals surface area contributed by atoms with E-state index in [4.69, 9.17) is 0 Å². The van der Waals surface area contributed by atoms with Gasteiger partial charge in [0.05, 0.1) is 5.54 Å². The molecule has 0 bridgehead atoms. The number of ketones is 1. The second-order valence-corrected chi connectivity index (χ2v) is 5.04. The van der Waals surface area contributed by atoms with Crippen LogP contribution in [0.1, 0.15) is 53.4 Å². The summed E-state index contributed by atoms with van der Waals surface area (Å²) < 4.78 is 0. The summed E-state index contributed by atoms with van der Waals surface area (Å²) in [7, 11) is 0. The summed E-state index contributed by atoms with van der Waals surface area (Å²) in [6.07, 6.45) is 6.62. The largest absolute Gasteiger partial charge is 0.292 e. The van der Waals surface area contributed by atoms with Crippen molar-refractivity contribution in [3.8, 4) is 0 Å². The molecule has 0 spiro atoms. The summed E-state index contributed by atoms with van der Waals surface area (Å²) in [6, 6.07) is 0. The van der Waals surface area contributed by atoms with Crippen LogP contribution in [0.2, 0.25) is 0 Å². The van der Waals surface area contributed by atoms with Crippen molar-refractivity contribution >= 4 is 5.78 Å². The first-order valence-electron chi connectivity index (χ1n) is 6.52. The van der Waals surface area contributed by atoms with E-state index in [0.29, 0.717) is 5.78 Å². The molecule has 2 heteroatoms. The Kier molecular flexibility index (Phi) is 4.72. The van der Waals surface area contributed by atoms with Crippen molar-refractivity contribution in [2.75, 3.05) is 13.1 Å². The van der Waals surface area contributed by atoms with Crippen LogP contribution in [0.4, 0.5) is 0 Å². The number of carbonyl (C=O) groups excluding carboxylic acids is 1. The fourth-order valence-electron chi connectivity index (χ4n) is 2.60. The molecular formula is C14H25NO. The summed E-state index contributed by atoms with van der Waals surface area (Å²) in [5.41, 5.74) is 0.718. The Morgan fingerprint density at radius 3 is 2.38 bits per heavy atom. The van der Waals surface area contributed by atoms with Crippen LogP contribution in [0.5, 0.6) is 0 Å². The van der Waals surface area contributed by atoms with Gasteiger partial charge in [-0.25, -0.2) is 0 Å². The zero-order valence-electron chi connectivity index (χ0n) is 11.2. The molecule has 0 amide bonds. The minimum Gasteiger partial charge on any atom is -0.292 e. The number of hydrogen-bond donors (Lipinski definition) is 0. The molecule has 16 heavy (non-hydrogen) atoms. The van der Waals surface area contributed by atoms with Crippen molar-refractivity contribution in [1.29, 1.82) is 0 Å². The van der Waals surface area contributed by atoms with Gasteiger partial charge in [0.1, 0.15) is 0 Å². The first kappa shape index (κ1) is 13.4. The fraction of sp³-hybridized carbons (Fsp3) is 0.786. The third-order valence-corrected chi connectivity index (χ3v) is 3.69. The summed E-state index contributed by atoms with van der Waals surface area (Å²) in [4.78, 5) is 14.7. The van der Waals surface area contributed by atoms with Gasteiger partial charge in [0.15, 0.2) is 5.78 Å². The van der Waals surface area contributed by atoms with Crippen molar-refractivity contribution in [3.63, 3.8) is 0 Å². The van der Waals surface area contributed by atoms with Crippen molar-refractivity contribution in [2.24, 2.45) is 0 Å². The highest BCUT2D eigenvalue weighted by Crippen LogP contribution is 2.25. The van der Waals surface area contributed by atoms with Crippen LogP contribution >= 0.6 is 0 Å². The number of carbonyl (C=O) groups is 1. The quantitative estimate of drug-likeness (QED) is 0.713. The number of hydrogen-bond acceptors (Lipinski definition) is 2. The third-order valence-electron chi connectivity index (χ3n) is 3.69. The molecule has 1 aliphatic carbocycles. The molecular weight excluding hydrogens is 198 g/mol. The normalized spacial score (nSPS) is 17.4. The van der Waals surface area contributed by atoms with Gasteiger partial charge >= 0.3 is 0 Å². The summed E-state index contributed by atoms with van der Waals surface area (Å²) >= 11 is 0. The van der Waals surface area contributed by atoms with Gasteiger partial charge in [0.25, 0.3) is 0 Å². The first-order chi connectivity index (χ1) is 7.54. The van der Waals surface area contributed by atoms with Crippen molar-refractivity contribution < 1.29 is 4.79 Å². The lowest BCUT2D eigenvalue weighted by atomic mass is 9.86. The molecule has 92 valence electrons. The molecule has 0 radical (unpaired) electrons. The maximum atomic E-state index is 12.5. The molecule has 0 saturated carbocycles. The average Bonchev–Trinajstić information content (AvgIpc) is 2.30. The molecule has 0 heterocycles. The van der Waals surface area contributed by atoms with Crippen molar-refractivity contribution in [3.05, 3.63) is 11.6 Å². The highest BCUT2D eigenvalue weighted by Gasteiger charge is 2.34. The Balaban J connectivity index is 2.81. The maximum absolute atomic E-state index is 12.5. The van der Waals surface area contributed by atoms with Gasteiger partial charge in [0, 0.05) is 0 Å². The van der Waals surface area contributed by atoms with Gasteiger partial charge < -0.3 is 0 Å². The second kappa shape index (κ2) is 5.62. The highest BCUT2D eigenvalue weighted by molar-refractivity contribution is 6.02. The molecule has 0 N–H and O–H groups in total. The van der Waals surface area contributed by atoms with Crippen LogP contribution in [-0.4, -0.2) is 29.3 Å². The molecule has 0 aromatic rings. The van der Waals surface area contributed by atoms with Gasteiger partial charge in [-0.05, 0) is 58.2 Å². The number of rotatable bonds is 5. The van der Waals surface area contributed by atoms with E-state index < -0.39 is 0 Å².